The third kappa shape index (κ3) is 22.1. The van der Waals surface area contributed by atoms with Gasteiger partial charge in [-0.05, 0) is 130 Å². The summed E-state index contributed by atoms with van der Waals surface area (Å²) in [5.41, 5.74) is -0.0187. The van der Waals surface area contributed by atoms with Gasteiger partial charge in [0.2, 0.25) is 5.91 Å². The summed E-state index contributed by atoms with van der Waals surface area (Å²) in [4.78, 5) is 33.4. The molecule has 4 saturated heterocycles. The summed E-state index contributed by atoms with van der Waals surface area (Å²) < 4.78 is 152. The number of rotatable bonds is 14. The van der Waals surface area contributed by atoms with Gasteiger partial charge in [-0.25, -0.2) is 0 Å². The summed E-state index contributed by atoms with van der Waals surface area (Å²) in [7, 11) is 0. The van der Waals surface area contributed by atoms with Gasteiger partial charge in [0.05, 0.1) is 35.3 Å². The fourth-order valence-corrected chi connectivity index (χ4v) is 9.63. The number of aliphatic carboxylic acids is 1. The maximum atomic E-state index is 12.9. The Balaban J connectivity index is 0.000000278. The van der Waals surface area contributed by atoms with Gasteiger partial charge in [0.15, 0.2) is 0 Å². The fraction of sp³-hybridized carbons (Fsp3) is 0.519. The first-order chi connectivity index (χ1) is 36.4. The van der Waals surface area contributed by atoms with Gasteiger partial charge >= 0.3 is 43.6 Å². The first-order valence-electron chi connectivity index (χ1n) is 25.9. The minimum absolute atomic E-state index is 0. The summed E-state index contributed by atoms with van der Waals surface area (Å²) in [6.45, 7) is 10.7. The van der Waals surface area contributed by atoms with E-state index in [1.54, 1.807) is 12.1 Å². The molecule has 0 bridgehead atoms. The number of carbonyl (C=O) groups excluding carboxylic acids is 2. The number of nitrogens with two attached hydrogens (primary N) is 1. The molecule has 0 atom stereocenters. The number of hydrogen-bond acceptors (Lipinski definition) is 9. The monoisotopic (exact) mass is 1140 g/mol. The first-order valence-corrected chi connectivity index (χ1v) is 25.9. The van der Waals surface area contributed by atoms with Gasteiger partial charge in [-0.2, -0.15) is 52.7 Å². The maximum absolute atomic E-state index is 12.9. The van der Waals surface area contributed by atoms with E-state index in [4.69, 9.17) is 0 Å². The predicted octanol–water partition coefficient (Wildman–Crippen LogP) is 2.94. The number of quaternary nitrogens is 1. The number of nitrogens with zero attached hydrogens (tertiary/aromatic N) is 5. The van der Waals surface area contributed by atoms with E-state index in [9.17, 15) is 67.4 Å². The number of carbonyl (C=O) groups is 2. The van der Waals surface area contributed by atoms with E-state index in [0.717, 1.165) is 132 Å². The SMILES string of the molecule is FC(F)(F)c1cccc(NC2CC[NH2+]CC2)c1.O=C(CCCN1CCN(c2ccc(C(F)(F)F)cc2)CC1)N1CCC(Nc2cccc(C(F)(F)F)c2)CC1.O=C([O-])CCCN1CCN(c2ccc(C(F)(F)F)cc2)CC1.[Cl-].[Li+]. The Morgan fingerprint density at radius 1 is 0.494 bits per heavy atom. The second kappa shape index (κ2) is 30.7. The van der Waals surface area contributed by atoms with E-state index in [-0.39, 0.29) is 49.6 Å². The quantitative estimate of drug-likeness (QED) is 0.130. The van der Waals surface area contributed by atoms with E-state index in [2.05, 4.69) is 30.7 Å². The summed E-state index contributed by atoms with van der Waals surface area (Å²) in [6.07, 6.45) is -12.2. The molecule has 0 spiro atoms. The van der Waals surface area contributed by atoms with Crippen molar-refractivity contribution in [3.8, 4) is 0 Å². The number of carboxylic acids is 1. The number of benzene rings is 4. The van der Waals surface area contributed by atoms with Gasteiger partial charge in [-0.15, -0.1) is 0 Å². The number of likely N-dealkylation sites (tertiary alicyclic amines) is 1. The summed E-state index contributed by atoms with van der Waals surface area (Å²) >= 11 is 0. The number of carboxylic acid groups (broad SMARTS) is 1. The largest absolute Gasteiger partial charge is 1.00 e. The molecule has 432 valence electrons. The second-order valence-electron chi connectivity index (χ2n) is 19.6. The van der Waals surface area contributed by atoms with Crippen molar-refractivity contribution in [2.45, 2.75) is 88.2 Å². The van der Waals surface area contributed by atoms with E-state index in [1.807, 2.05) is 9.80 Å². The number of alkyl halides is 12. The molecule has 4 aromatic carbocycles. The van der Waals surface area contributed by atoms with Gasteiger partial charge in [0.25, 0.3) is 0 Å². The smallest absolute Gasteiger partial charge is 1.00 e. The van der Waals surface area contributed by atoms with Crippen LogP contribution in [0, 0.1) is 0 Å². The van der Waals surface area contributed by atoms with Crippen LogP contribution in [0.4, 0.5) is 75.4 Å². The minimum Gasteiger partial charge on any atom is -1.00 e. The van der Waals surface area contributed by atoms with E-state index in [1.165, 1.54) is 42.5 Å². The van der Waals surface area contributed by atoms with Crippen LogP contribution in [0.3, 0.4) is 0 Å². The van der Waals surface area contributed by atoms with Crippen LogP contribution in [0.5, 0.6) is 0 Å². The molecule has 4 aromatic rings. The van der Waals surface area contributed by atoms with Gasteiger partial charge < -0.3 is 53.0 Å². The maximum Gasteiger partial charge on any atom is 1.00 e. The van der Waals surface area contributed by atoms with Crippen LogP contribution in [0.25, 0.3) is 0 Å². The molecule has 0 aliphatic carbocycles. The van der Waals surface area contributed by atoms with Crippen molar-refractivity contribution in [1.29, 1.82) is 0 Å². The van der Waals surface area contributed by atoms with E-state index in [0.29, 0.717) is 75.8 Å². The Kier molecular flexibility index (Phi) is 25.8. The molecular weight excluding hydrogens is 1080 g/mol. The number of piperazine rings is 2. The van der Waals surface area contributed by atoms with Crippen molar-refractivity contribution in [2.75, 3.05) is 112 Å². The fourth-order valence-electron chi connectivity index (χ4n) is 9.63. The second-order valence-corrected chi connectivity index (χ2v) is 19.6. The van der Waals surface area contributed by atoms with Gasteiger partial charge in [0, 0.05) is 126 Å². The number of piperidine rings is 2. The molecule has 1 amide bonds. The standard InChI is InChI=1S/C27H32F6N4O.C15H19F3N2O2.C12H15F3N2.ClH.Li/c28-26(29,30)20-6-8-24(9-7-20)36-17-15-35(16-18-36)12-2-5-25(38)37-13-10-22(11-14-37)34-23-4-1-3-21(19-23)27(31,32)33;16-15(17,18)12-3-5-13(6-4-12)20-10-8-19(9-11-20)7-1-2-14(21)22;13-12(14,15)9-2-1-3-11(8-9)17-10-4-6-16-7-5-10;;/h1,3-4,6-9,19,22,34H,2,5,10-18H2;3-6H,1-2,7-11H2,(H,21,22);1-3,8,10,16-17H,4-7H2;1H;/q;;;;+1/p-1. The van der Waals surface area contributed by atoms with Crippen LogP contribution in [0.2, 0.25) is 0 Å². The van der Waals surface area contributed by atoms with Crippen LogP contribution >= 0.6 is 0 Å². The van der Waals surface area contributed by atoms with E-state index >= 15 is 0 Å². The van der Waals surface area contributed by atoms with Crippen LogP contribution in [0.15, 0.2) is 97.1 Å². The van der Waals surface area contributed by atoms with Crippen molar-refractivity contribution < 1.29 is 104 Å². The van der Waals surface area contributed by atoms with Crippen LogP contribution in [-0.4, -0.2) is 130 Å². The van der Waals surface area contributed by atoms with Crippen LogP contribution in [-0.2, 0) is 34.3 Å². The molecule has 4 aliphatic heterocycles. The number of anilines is 4. The number of halogens is 13. The molecule has 79 heavy (non-hydrogen) atoms. The zero-order chi connectivity index (χ0) is 55.8. The zero-order valence-corrected chi connectivity index (χ0v) is 44.7. The van der Waals surface area contributed by atoms with Gasteiger partial charge in [-0.1, -0.05) is 12.1 Å². The Bertz CT molecular complexity index is 2440. The van der Waals surface area contributed by atoms with Crippen LogP contribution < -0.4 is 62.1 Å². The molecule has 8 rings (SSSR count). The van der Waals surface area contributed by atoms with Crippen LogP contribution in [0.1, 0.15) is 73.6 Å². The molecule has 4 aliphatic rings. The van der Waals surface area contributed by atoms with Crippen molar-refractivity contribution in [3.63, 3.8) is 0 Å². The molecule has 25 heteroatoms. The normalized spacial score (nSPS) is 17.2. The van der Waals surface area contributed by atoms with Gasteiger partial charge in [-0.3, -0.25) is 14.6 Å². The molecule has 11 nitrogen and oxygen atoms in total. The molecule has 0 radical (unpaired) electrons. The van der Waals surface area contributed by atoms with Crippen molar-refractivity contribution in [2.24, 2.45) is 0 Å². The van der Waals surface area contributed by atoms with Crippen molar-refractivity contribution in [3.05, 3.63) is 119 Å². The van der Waals surface area contributed by atoms with E-state index < -0.39 is 52.9 Å². The Labute approximate surface area is 471 Å². The van der Waals surface area contributed by atoms with Gasteiger partial charge in [0.1, 0.15) is 0 Å². The molecule has 0 aromatic heterocycles. The zero-order valence-electron chi connectivity index (χ0n) is 43.9. The topological polar surface area (TPSA) is 114 Å². The average molecular weight is 1150 g/mol. The average Bonchev–Trinajstić information content (AvgIpc) is 3.39. The molecular formula is C54H66ClF12LiN8O3. The number of amides is 1. The third-order valence-corrected chi connectivity index (χ3v) is 14.0. The summed E-state index contributed by atoms with van der Waals surface area (Å²) in [6, 6.07) is 21.3. The first kappa shape index (κ1) is 66.5. The number of nitrogens with one attached hydrogen (secondary N) is 2. The van der Waals surface area contributed by atoms with Crippen molar-refractivity contribution in [1.82, 2.24) is 14.7 Å². The minimum atomic E-state index is -4.38. The molecule has 4 N–H and O–H groups in total. The summed E-state index contributed by atoms with van der Waals surface area (Å²) in [5, 5.41) is 18.9. The molecule has 4 heterocycles. The predicted molar refractivity (Wildman–Crippen MR) is 268 cm³/mol. The number of hydrogen-bond donors (Lipinski definition) is 3. The Hall–Kier alpha value is -5.05. The Morgan fingerprint density at radius 2 is 0.861 bits per heavy atom. The van der Waals surface area contributed by atoms with Crippen molar-refractivity contribution >= 4 is 34.6 Å². The summed E-state index contributed by atoms with van der Waals surface area (Å²) in [5.74, 6) is -0.950. The third-order valence-electron chi connectivity index (χ3n) is 14.0. The molecule has 4 fully saturated rings. The molecule has 0 unspecified atom stereocenters. The molecule has 0 saturated carbocycles. The Morgan fingerprint density at radius 3 is 1.23 bits per heavy atom.